The predicted octanol–water partition coefficient (Wildman–Crippen LogP) is 4.02. The van der Waals surface area contributed by atoms with E-state index in [2.05, 4.69) is 10.5 Å². The molecule has 0 bridgehead atoms. The van der Waals surface area contributed by atoms with Gasteiger partial charge in [-0.15, -0.1) is 0 Å². The number of hydrogen-bond donors (Lipinski definition) is 1. The molecule has 5 heteroatoms. The molecule has 2 heterocycles. The minimum atomic E-state index is -0.173. The van der Waals surface area contributed by atoms with Crippen LogP contribution in [0.3, 0.4) is 0 Å². The molecule has 0 radical (unpaired) electrons. The SMILES string of the molecule is O=C(NCc1ccco1)c1ccc2noc(-c3ccccc3)c2c1. The second-order valence-electron chi connectivity index (χ2n) is 5.37. The fourth-order valence-corrected chi connectivity index (χ4v) is 2.56. The first kappa shape index (κ1) is 14.3. The average molecular weight is 318 g/mol. The number of benzene rings is 2. The highest BCUT2D eigenvalue weighted by molar-refractivity contribution is 6.00. The molecule has 0 unspecified atom stereocenters. The Balaban J connectivity index is 1.63. The van der Waals surface area contributed by atoms with Crippen molar-refractivity contribution in [3.05, 3.63) is 78.3 Å². The Labute approximate surface area is 137 Å². The molecule has 4 rings (SSSR count). The minimum Gasteiger partial charge on any atom is -0.467 e. The zero-order chi connectivity index (χ0) is 16.4. The Morgan fingerprint density at radius 1 is 1.04 bits per heavy atom. The lowest BCUT2D eigenvalue weighted by atomic mass is 10.1. The number of furan rings is 1. The zero-order valence-electron chi connectivity index (χ0n) is 12.7. The van der Waals surface area contributed by atoms with Crippen LogP contribution in [0.1, 0.15) is 16.1 Å². The highest BCUT2D eigenvalue weighted by Gasteiger charge is 2.14. The molecule has 2 aromatic carbocycles. The number of nitrogens with one attached hydrogen (secondary N) is 1. The molecule has 0 atom stereocenters. The van der Waals surface area contributed by atoms with Crippen molar-refractivity contribution in [2.24, 2.45) is 0 Å². The lowest BCUT2D eigenvalue weighted by molar-refractivity contribution is 0.0948. The van der Waals surface area contributed by atoms with Crippen LogP contribution in [0.15, 0.2) is 75.9 Å². The van der Waals surface area contributed by atoms with Crippen LogP contribution in [0.4, 0.5) is 0 Å². The Hall–Kier alpha value is -3.34. The molecule has 0 aliphatic heterocycles. The van der Waals surface area contributed by atoms with E-state index in [0.717, 1.165) is 16.5 Å². The molecular formula is C19H14N2O3. The van der Waals surface area contributed by atoms with E-state index in [0.29, 0.717) is 23.6 Å². The first-order valence-electron chi connectivity index (χ1n) is 7.57. The summed E-state index contributed by atoms with van der Waals surface area (Å²) in [6.45, 7) is 0.346. The summed E-state index contributed by atoms with van der Waals surface area (Å²) in [4.78, 5) is 12.3. The van der Waals surface area contributed by atoms with Gasteiger partial charge in [0.05, 0.1) is 18.2 Å². The van der Waals surface area contributed by atoms with E-state index >= 15 is 0 Å². The Bertz CT molecular complexity index is 972. The van der Waals surface area contributed by atoms with E-state index in [-0.39, 0.29) is 5.91 Å². The second kappa shape index (κ2) is 6.04. The molecule has 1 amide bonds. The third-order valence-electron chi connectivity index (χ3n) is 3.78. The molecule has 0 saturated carbocycles. The van der Waals surface area contributed by atoms with Crippen LogP contribution in [-0.4, -0.2) is 11.1 Å². The Morgan fingerprint density at radius 3 is 2.71 bits per heavy atom. The van der Waals surface area contributed by atoms with Crippen molar-refractivity contribution in [1.29, 1.82) is 0 Å². The fraction of sp³-hybridized carbons (Fsp3) is 0.0526. The normalized spacial score (nSPS) is 10.8. The minimum absolute atomic E-state index is 0.173. The molecule has 118 valence electrons. The molecule has 0 aliphatic rings. The summed E-state index contributed by atoms with van der Waals surface area (Å²) in [5.74, 6) is 1.19. The summed E-state index contributed by atoms with van der Waals surface area (Å²) in [6.07, 6.45) is 1.58. The summed E-state index contributed by atoms with van der Waals surface area (Å²) in [5, 5.41) is 7.71. The molecule has 24 heavy (non-hydrogen) atoms. The lowest BCUT2D eigenvalue weighted by Crippen LogP contribution is -2.22. The molecular weight excluding hydrogens is 304 g/mol. The number of amides is 1. The topological polar surface area (TPSA) is 68.3 Å². The van der Waals surface area contributed by atoms with Crippen molar-refractivity contribution >= 4 is 16.8 Å². The van der Waals surface area contributed by atoms with Gasteiger partial charge in [0.15, 0.2) is 5.76 Å². The molecule has 0 spiro atoms. The van der Waals surface area contributed by atoms with Crippen LogP contribution in [0.25, 0.3) is 22.2 Å². The maximum atomic E-state index is 12.3. The number of rotatable bonds is 4. The van der Waals surface area contributed by atoms with Gasteiger partial charge in [-0.05, 0) is 30.3 Å². The first-order valence-corrected chi connectivity index (χ1v) is 7.57. The largest absolute Gasteiger partial charge is 0.467 e. The molecule has 5 nitrogen and oxygen atoms in total. The van der Waals surface area contributed by atoms with Gasteiger partial charge in [0.1, 0.15) is 11.3 Å². The number of hydrogen-bond acceptors (Lipinski definition) is 4. The van der Waals surface area contributed by atoms with Crippen molar-refractivity contribution in [2.45, 2.75) is 6.54 Å². The van der Waals surface area contributed by atoms with E-state index in [9.17, 15) is 4.79 Å². The molecule has 2 aromatic heterocycles. The van der Waals surface area contributed by atoms with Gasteiger partial charge in [-0.1, -0.05) is 35.5 Å². The van der Waals surface area contributed by atoms with Crippen LogP contribution in [0.5, 0.6) is 0 Å². The first-order chi connectivity index (χ1) is 11.8. The standard InChI is InChI=1S/C19H14N2O3/c22-19(20-12-15-7-4-10-23-15)14-8-9-17-16(11-14)18(24-21-17)13-5-2-1-3-6-13/h1-11H,12H2,(H,20,22). The zero-order valence-corrected chi connectivity index (χ0v) is 12.7. The Morgan fingerprint density at radius 2 is 1.92 bits per heavy atom. The van der Waals surface area contributed by atoms with Crippen LogP contribution in [-0.2, 0) is 6.54 Å². The van der Waals surface area contributed by atoms with E-state index in [1.54, 1.807) is 30.5 Å². The summed E-state index contributed by atoms with van der Waals surface area (Å²) < 4.78 is 10.7. The smallest absolute Gasteiger partial charge is 0.251 e. The number of aromatic nitrogens is 1. The molecule has 0 aliphatic carbocycles. The van der Waals surface area contributed by atoms with Crippen molar-refractivity contribution < 1.29 is 13.7 Å². The van der Waals surface area contributed by atoms with E-state index in [1.807, 2.05) is 36.4 Å². The van der Waals surface area contributed by atoms with Gasteiger partial charge < -0.3 is 14.3 Å². The number of fused-ring (bicyclic) bond motifs is 1. The Kier molecular flexibility index (Phi) is 3.59. The highest BCUT2D eigenvalue weighted by atomic mass is 16.5. The fourth-order valence-electron chi connectivity index (χ4n) is 2.56. The third-order valence-corrected chi connectivity index (χ3v) is 3.78. The summed E-state index contributed by atoms with van der Waals surface area (Å²) >= 11 is 0. The van der Waals surface area contributed by atoms with Crippen molar-refractivity contribution in [3.63, 3.8) is 0 Å². The molecule has 1 N–H and O–H groups in total. The predicted molar refractivity (Wildman–Crippen MR) is 89.3 cm³/mol. The van der Waals surface area contributed by atoms with Gasteiger partial charge in [-0.25, -0.2) is 0 Å². The van der Waals surface area contributed by atoms with Crippen LogP contribution < -0.4 is 5.32 Å². The summed E-state index contributed by atoms with van der Waals surface area (Å²) in [5.41, 5.74) is 2.19. The summed E-state index contributed by atoms with van der Waals surface area (Å²) in [6, 6.07) is 18.6. The maximum absolute atomic E-state index is 12.3. The number of nitrogens with zero attached hydrogens (tertiary/aromatic N) is 1. The molecule has 0 saturated heterocycles. The van der Waals surface area contributed by atoms with Crippen LogP contribution >= 0.6 is 0 Å². The van der Waals surface area contributed by atoms with Gasteiger partial charge in [0.25, 0.3) is 5.91 Å². The van der Waals surface area contributed by atoms with Crippen LogP contribution in [0, 0.1) is 0 Å². The second-order valence-corrected chi connectivity index (χ2v) is 5.37. The van der Waals surface area contributed by atoms with Crippen molar-refractivity contribution in [1.82, 2.24) is 10.5 Å². The summed E-state index contributed by atoms with van der Waals surface area (Å²) in [7, 11) is 0. The molecule has 4 aromatic rings. The average Bonchev–Trinajstić information content (AvgIpc) is 3.29. The number of carbonyl (C=O) groups excluding carboxylic acids is 1. The van der Waals surface area contributed by atoms with E-state index in [4.69, 9.17) is 8.94 Å². The van der Waals surface area contributed by atoms with Gasteiger partial charge in [-0.3, -0.25) is 4.79 Å². The van der Waals surface area contributed by atoms with Gasteiger partial charge in [-0.2, -0.15) is 0 Å². The highest BCUT2D eigenvalue weighted by Crippen LogP contribution is 2.29. The monoisotopic (exact) mass is 318 g/mol. The van der Waals surface area contributed by atoms with Crippen molar-refractivity contribution in [2.75, 3.05) is 0 Å². The molecule has 0 fully saturated rings. The number of carbonyl (C=O) groups is 1. The van der Waals surface area contributed by atoms with Gasteiger partial charge in [0.2, 0.25) is 0 Å². The van der Waals surface area contributed by atoms with Crippen molar-refractivity contribution in [3.8, 4) is 11.3 Å². The van der Waals surface area contributed by atoms with Crippen LogP contribution in [0.2, 0.25) is 0 Å². The van der Waals surface area contributed by atoms with E-state index < -0.39 is 0 Å². The van der Waals surface area contributed by atoms with Gasteiger partial charge >= 0.3 is 0 Å². The third kappa shape index (κ3) is 2.67. The van der Waals surface area contributed by atoms with Gasteiger partial charge in [0, 0.05) is 11.1 Å². The van der Waals surface area contributed by atoms with E-state index in [1.165, 1.54) is 0 Å². The maximum Gasteiger partial charge on any atom is 0.251 e. The lowest BCUT2D eigenvalue weighted by Gasteiger charge is -2.03. The quantitative estimate of drug-likeness (QED) is 0.617.